The minimum Gasteiger partial charge on any atom is -0.409 e. The fourth-order valence-electron chi connectivity index (χ4n) is 1.97. The molecule has 0 aliphatic carbocycles. The minimum atomic E-state index is 0. The molecule has 0 saturated heterocycles. The molecule has 5 heteroatoms. The van der Waals surface area contributed by atoms with Gasteiger partial charge in [0.2, 0.25) is 0 Å². The number of amidine groups is 1. The van der Waals surface area contributed by atoms with E-state index in [0.717, 1.165) is 5.75 Å². The lowest BCUT2D eigenvalue weighted by molar-refractivity contribution is 0.317. The molecular weight excluding hydrogens is 304 g/mol. The zero-order valence-electron chi connectivity index (χ0n) is 11.6. The molecule has 0 radical (unpaired) electrons. The van der Waals surface area contributed by atoms with E-state index in [-0.39, 0.29) is 23.5 Å². The smallest absolute Gasteiger partial charge is 0.139 e. The van der Waals surface area contributed by atoms with E-state index in [1.165, 1.54) is 11.1 Å². The standard InChI is InChI=1S/C16H18N2OS.ClH/c17-15(18-19)11-12-20-16(13-7-3-1-4-8-13)14-9-5-2-6-10-14;/h1-10,16,19H,11-12H2,(H2,17,18);1H. The Morgan fingerprint density at radius 3 is 1.90 bits per heavy atom. The number of thioether (sulfide) groups is 1. The summed E-state index contributed by atoms with van der Waals surface area (Å²) in [5, 5.41) is 11.9. The Bertz CT molecular complexity index is 509. The maximum Gasteiger partial charge on any atom is 0.139 e. The van der Waals surface area contributed by atoms with E-state index in [2.05, 4.69) is 53.7 Å². The summed E-state index contributed by atoms with van der Waals surface area (Å²) in [5.41, 5.74) is 8.06. The highest BCUT2D eigenvalue weighted by molar-refractivity contribution is 7.99. The number of nitrogens with zero attached hydrogens (tertiary/aromatic N) is 1. The number of rotatable bonds is 6. The summed E-state index contributed by atoms with van der Waals surface area (Å²) in [5.74, 6) is 1.09. The third-order valence-corrected chi connectivity index (χ3v) is 4.29. The molecule has 21 heavy (non-hydrogen) atoms. The molecule has 0 amide bonds. The first kappa shape index (κ1) is 17.4. The zero-order valence-corrected chi connectivity index (χ0v) is 13.2. The van der Waals surface area contributed by atoms with Gasteiger partial charge in [0.15, 0.2) is 0 Å². The van der Waals surface area contributed by atoms with Gasteiger partial charge in [0, 0.05) is 12.2 Å². The van der Waals surface area contributed by atoms with Crippen molar-refractivity contribution in [1.29, 1.82) is 0 Å². The Morgan fingerprint density at radius 1 is 1.00 bits per heavy atom. The molecule has 3 N–H and O–H groups in total. The number of halogens is 1. The lowest BCUT2D eigenvalue weighted by Crippen LogP contribution is -2.12. The number of benzene rings is 2. The Balaban J connectivity index is 0.00000220. The van der Waals surface area contributed by atoms with Crippen molar-refractivity contribution in [3.63, 3.8) is 0 Å². The summed E-state index contributed by atoms with van der Waals surface area (Å²) in [7, 11) is 0. The quantitative estimate of drug-likeness (QED) is 0.365. The van der Waals surface area contributed by atoms with Crippen LogP contribution < -0.4 is 5.73 Å². The Kier molecular flexibility index (Phi) is 7.72. The predicted molar refractivity (Wildman–Crippen MR) is 92.5 cm³/mol. The molecule has 2 rings (SSSR count). The van der Waals surface area contributed by atoms with Crippen LogP contribution in [-0.4, -0.2) is 16.8 Å². The molecule has 0 spiro atoms. The topological polar surface area (TPSA) is 58.6 Å². The number of oxime groups is 1. The lowest BCUT2D eigenvalue weighted by atomic mass is 10.0. The van der Waals surface area contributed by atoms with Crippen LogP contribution >= 0.6 is 24.2 Å². The molecule has 0 heterocycles. The summed E-state index contributed by atoms with van der Waals surface area (Å²) in [4.78, 5) is 0. The van der Waals surface area contributed by atoms with Crippen molar-refractivity contribution >= 4 is 30.0 Å². The summed E-state index contributed by atoms with van der Waals surface area (Å²) >= 11 is 1.80. The molecule has 0 fully saturated rings. The van der Waals surface area contributed by atoms with Crippen LogP contribution in [0.4, 0.5) is 0 Å². The van der Waals surface area contributed by atoms with Gasteiger partial charge in [-0.15, -0.1) is 24.2 Å². The highest BCUT2D eigenvalue weighted by atomic mass is 35.5. The molecule has 2 aromatic carbocycles. The van der Waals surface area contributed by atoms with Crippen LogP contribution in [0, 0.1) is 0 Å². The van der Waals surface area contributed by atoms with Gasteiger partial charge in [-0.3, -0.25) is 0 Å². The normalized spacial score (nSPS) is 11.2. The summed E-state index contributed by atoms with van der Waals surface area (Å²) in [6.07, 6.45) is 0.581. The Hall–Kier alpha value is -1.65. The van der Waals surface area contributed by atoms with Gasteiger partial charge in [0.1, 0.15) is 5.84 Å². The maximum absolute atomic E-state index is 8.59. The van der Waals surface area contributed by atoms with Crippen molar-refractivity contribution in [2.24, 2.45) is 10.9 Å². The monoisotopic (exact) mass is 322 g/mol. The molecule has 0 bridgehead atoms. The number of hydrogen-bond donors (Lipinski definition) is 2. The van der Waals surface area contributed by atoms with Crippen LogP contribution in [-0.2, 0) is 0 Å². The largest absolute Gasteiger partial charge is 0.409 e. The second-order valence-corrected chi connectivity index (χ2v) is 5.63. The van der Waals surface area contributed by atoms with E-state index in [1.807, 2.05) is 12.1 Å². The van der Waals surface area contributed by atoms with Crippen LogP contribution in [0.1, 0.15) is 22.8 Å². The van der Waals surface area contributed by atoms with E-state index in [0.29, 0.717) is 6.42 Å². The number of hydrogen-bond acceptors (Lipinski definition) is 3. The van der Waals surface area contributed by atoms with E-state index in [1.54, 1.807) is 11.8 Å². The third-order valence-electron chi connectivity index (χ3n) is 2.98. The van der Waals surface area contributed by atoms with Gasteiger partial charge >= 0.3 is 0 Å². The first-order valence-electron chi connectivity index (χ1n) is 6.49. The Morgan fingerprint density at radius 2 is 1.48 bits per heavy atom. The second kappa shape index (κ2) is 9.32. The van der Waals surface area contributed by atoms with Crippen LogP contribution in [0.3, 0.4) is 0 Å². The van der Waals surface area contributed by atoms with Crippen LogP contribution in [0.25, 0.3) is 0 Å². The first-order chi connectivity index (χ1) is 9.81. The summed E-state index contributed by atoms with van der Waals surface area (Å²) in [6.45, 7) is 0. The highest BCUT2D eigenvalue weighted by Gasteiger charge is 2.14. The van der Waals surface area contributed by atoms with Gasteiger partial charge in [-0.25, -0.2) is 0 Å². The van der Waals surface area contributed by atoms with Crippen LogP contribution in [0.15, 0.2) is 65.8 Å². The predicted octanol–water partition coefficient (Wildman–Crippen LogP) is 4.07. The van der Waals surface area contributed by atoms with Crippen molar-refractivity contribution in [3.05, 3.63) is 71.8 Å². The number of nitrogens with two attached hydrogens (primary N) is 1. The van der Waals surface area contributed by atoms with E-state index in [9.17, 15) is 0 Å². The van der Waals surface area contributed by atoms with Gasteiger partial charge in [-0.2, -0.15) is 0 Å². The fourth-order valence-corrected chi connectivity index (χ4v) is 3.23. The molecule has 0 aliphatic heterocycles. The molecule has 0 atom stereocenters. The maximum atomic E-state index is 8.59. The van der Waals surface area contributed by atoms with Crippen molar-refractivity contribution < 1.29 is 5.21 Å². The van der Waals surface area contributed by atoms with Crippen molar-refractivity contribution in [2.75, 3.05) is 5.75 Å². The summed E-state index contributed by atoms with van der Waals surface area (Å²) < 4.78 is 0. The average molecular weight is 323 g/mol. The zero-order chi connectivity index (χ0) is 14.2. The minimum absolute atomic E-state index is 0. The third kappa shape index (κ3) is 5.33. The Labute approximate surface area is 135 Å². The highest BCUT2D eigenvalue weighted by Crippen LogP contribution is 2.35. The van der Waals surface area contributed by atoms with E-state index >= 15 is 0 Å². The summed E-state index contributed by atoms with van der Waals surface area (Å²) in [6, 6.07) is 20.8. The van der Waals surface area contributed by atoms with Crippen LogP contribution in [0.2, 0.25) is 0 Å². The molecular formula is C16H19ClN2OS. The van der Waals surface area contributed by atoms with Gasteiger partial charge < -0.3 is 10.9 Å². The molecule has 0 aliphatic rings. The molecule has 0 aromatic heterocycles. The lowest BCUT2D eigenvalue weighted by Gasteiger charge is -2.17. The van der Waals surface area contributed by atoms with Gasteiger partial charge in [-0.05, 0) is 11.1 Å². The molecule has 112 valence electrons. The van der Waals surface area contributed by atoms with Crippen molar-refractivity contribution in [2.45, 2.75) is 11.7 Å². The SMILES string of the molecule is Cl.NC(CCSC(c1ccccc1)c1ccccc1)=NO. The van der Waals surface area contributed by atoms with Crippen LogP contribution in [0.5, 0.6) is 0 Å². The second-order valence-electron chi connectivity index (χ2n) is 4.41. The molecule has 2 aromatic rings. The molecule has 3 nitrogen and oxygen atoms in total. The van der Waals surface area contributed by atoms with E-state index < -0.39 is 0 Å². The average Bonchev–Trinajstić information content (AvgIpc) is 2.53. The van der Waals surface area contributed by atoms with Gasteiger partial charge in [-0.1, -0.05) is 65.8 Å². The molecule has 0 saturated carbocycles. The fraction of sp³-hybridized carbons (Fsp3) is 0.188. The molecule has 0 unspecified atom stereocenters. The van der Waals surface area contributed by atoms with E-state index in [4.69, 9.17) is 10.9 Å². The van der Waals surface area contributed by atoms with Gasteiger partial charge in [0.05, 0.1) is 5.25 Å². The van der Waals surface area contributed by atoms with Crippen molar-refractivity contribution in [1.82, 2.24) is 0 Å². The van der Waals surface area contributed by atoms with Gasteiger partial charge in [0.25, 0.3) is 0 Å². The first-order valence-corrected chi connectivity index (χ1v) is 7.54. The van der Waals surface area contributed by atoms with Crippen molar-refractivity contribution in [3.8, 4) is 0 Å².